The van der Waals surface area contributed by atoms with Crippen LogP contribution >= 0.6 is 0 Å². The third kappa shape index (κ3) is 3.41. The van der Waals surface area contributed by atoms with E-state index in [4.69, 9.17) is 5.11 Å². The number of nitro groups is 1. The van der Waals surface area contributed by atoms with Crippen LogP contribution in [0.1, 0.15) is 10.4 Å². The number of non-ortho nitro benzene ring substituents is 1. The van der Waals surface area contributed by atoms with Crippen LogP contribution in [-0.2, 0) is 0 Å². The first kappa shape index (κ1) is 12.3. The van der Waals surface area contributed by atoms with E-state index in [1.807, 2.05) is 0 Å². The van der Waals surface area contributed by atoms with Crippen molar-refractivity contribution in [3.8, 4) is 0 Å². The quantitative estimate of drug-likeness (QED) is 0.315. The van der Waals surface area contributed by atoms with E-state index in [9.17, 15) is 14.9 Å². The van der Waals surface area contributed by atoms with Gasteiger partial charge in [0.1, 0.15) is 0 Å². The highest BCUT2D eigenvalue weighted by atomic mass is 16.6. The van der Waals surface area contributed by atoms with E-state index in [0.717, 1.165) is 0 Å². The number of aliphatic hydroxyl groups is 1. The summed E-state index contributed by atoms with van der Waals surface area (Å²) < 4.78 is 0. The molecule has 0 radical (unpaired) electrons. The van der Waals surface area contributed by atoms with Gasteiger partial charge in [-0.3, -0.25) is 14.9 Å². The molecule has 6 heteroatoms. The average molecular weight is 224 g/mol. The number of aliphatic hydroxyl groups excluding tert-OH is 1. The molecule has 0 saturated heterocycles. The molecular formula is C10H12N2O4. The van der Waals surface area contributed by atoms with Gasteiger partial charge in [0.2, 0.25) is 0 Å². The molecule has 0 unspecified atom stereocenters. The van der Waals surface area contributed by atoms with Gasteiger partial charge in [0, 0.05) is 24.2 Å². The summed E-state index contributed by atoms with van der Waals surface area (Å²) in [4.78, 5) is 21.3. The van der Waals surface area contributed by atoms with E-state index >= 15 is 0 Å². The third-order valence-electron chi connectivity index (χ3n) is 1.97. The molecule has 0 atom stereocenters. The Balaban J connectivity index is 2.59. The molecule has 0 amide bonds. The van der Waals surface area contributed by atoms with Crippen LogP contribution in [0.4, 0.5) is 5.69 Å². The van der Waals surface area contributed by atoms with Crippen LogP contribution in [0.2, 0.25) is 0 Å². The van der Waals surface area contributed by atoms with Crippen LogP contribution in [0.5, 0.6) is 0 Å². The topological polar surface area (TPSA) is 92.5 Å². The lowest BCUT2D eigenvalue weighted by molar-refractivity contribution is -0.384. The van der Waals surface area contributed by atoms with Gasteiger partial charge in [0.05, 0.1) is 18.1 Å². The fraction of sp³-hybridized carbons (Fsp3) is 0.300. The van der Waals surface area contributed by atoms with Crippen molar-refractivity contribution in [2.24, 2.45) is 0 Å². The van der Waals surface area contributed by atoms with Crippen LogP contribution in [0.25, 0.3) is 0 Å². The molecule has 0 heterocycles. The van der Waals surface area contributed by atoms with Crippen LogP contribution in [-0.4, -0.2) is 35.5 Å². The zero-order chi connectivity index (χ0) is 12.0. The summed E-state index contributed by atoms with van der Waals surface area (Å²) in [6.07, 6.45) is 0. The number of nitro benzene ring substituents is 1. The van der Waals surface area contributed by atoms with Crippen molar-refractivity contribution < 1.29 is 14.8 Å². The number of ketones is 1. The van der Waals surface area contributed by atoms with E-state index in [2.05, 4.69) is 5.32 Å². The van der Waals surface area contributed by atoms with Gasteiger partial charge in [-0.05, 0) is 12.1 Å². The van der Waals surface area contributed by atoms with Gasteiger partial charge in [-0.2, -0.15) is 0 Å². The Labute approximate surface area is 92.0 Å². The second-order valence-electron chi connectivity index (χ2n) is 3.13. The van der Waals surface area contributed by atoms with Gasteiger partial charge in [-0.25, -0.2) is 0 Å². The Hall–Kier alpha value is -1.79. The molecule has 6 nitrogen and oxygen atoms in total. The second-order valence-corrected chi connectivity index (χ2v) is 3.13. The summed E-state index contributed by atoms with van der Waals surface area (Å²) in [5, 5.41) is 21.6. The van der Waals surface area contributed by atoms with Gasteiger partial charge in [-0.1, -0.05) is 0 Å². The van der Waals surface area contributed by atoms with Crippen LogP contribution in [0, 0.1) is 10.1 Å². The molecule has 1 rings (SSSR count). The van der Waals surface area contributed by atoms with Crippen molar-refractivity contribution in [2.75, 3.05) is 19.7 Å². The standard InChI is InChI=1S/C10H12N2O4/c13-6-5-11-7-10(14)8-1-3-9(4-2-8)12(15)16/h1-4,11,13H,5-7H2. The highest BCUT2D eigenvalue weighted by molar-refractivity contribution is 5.97. The summed E-state index contributed by atoms with van der Waals surface area (Å²) in [6, 6.07) is 5.42. The monoisotopic (exact) mass is 224 g/mol. The van der Waals surface area contributed by atoms with Crippen LogP contribution in [0.15, 0.2) is 24.3 Å². The van der Waals surface area contributed by atoms with Crippen molar-refractivity contribution in [3.05, 3.63) is 39.9 Å². The third-order valence-corrected chi connectivity index (χ3v) is 1.97. The fourth-order valence-corrected chi connectivity index (χ4v) is 1.15. The lowest BCUT2D eigenvalue weighted by atomic mass is 10.1. The Morgan fingerprint density at radius 2 is 2.00 bits per heavy atom. The maximum Gasteiger partial charge on any atom is 0.269 e. The van der Waals surface area contributed by atoms with Crippen molar-refractivity contribution in [1.82, 2.24) is 5.32 Å². The first-order valence-corrected chi connectivity index (χ1v) is 4.74. The maximum absolute atomic E-state index is 11.5. The van der Waals surface area contributed by atoms with Gasteiger partial charge in [-0.15, -0.1) is 0 Å². The molecule has 0 aliphatic heterocycles. The Bertz CT molecular complexity index is 375. The number of nitrogens with zero attached hydrogens (tertiary/aromatic N) is 1. The lowest BCUT2D eigenvalue weighted by Gasteiger charge is -2.01. The van der Waals surface area contributed by atoms with E-state index in [1.165, 1.54) is 24.3 Å². The zero-order valence-corrected chi connectivity index (χ0v) is 8.55. The normalized spacial score (nSPS) is 10.1. The molecule has 0 fully saturated rings. The number of carbonyl (C=O) groups excluding carboxylic acids is 1. The van der Waals surface area contributed by atoms with E-state index in [-0.39, 0.29) is 24.6 Å². The van der Waals surface area contributed by atoms with Gasteiger partial charge >= 0.3 is 0 Å². The van der Waals surface area contributed by atoms with Gasteiger partial charge in [0.25, 0.3) is 5.69 Å². The first-order chi connectivity index (χ1) is 7.65. The van der Waals surface area contributed by atoms with Crippen molar-refractivity contribution in [2.45, 2.75) is 0 Å². The summed E-state index contributed by atoms with van der Waals surface area (Å²) in [6.45, 7) is 0.421. The second kappa shape index (κ2) is 5.94. The molecular weight excluding hydrogens is 212 g/mol. The molecule has 0 aliphatic carbocycles. The SMILES string of the molecule is O=C(CNCCO)c1ccc([N+](=O)[O-])cc1. The predicted molar refractivity (Wildman–Crippen MR) is 57.4 cm³/mol. The highest BCUT2D eigenvalue weighted by Crippen LogP contribution is 2.11. The summed E-state index contributed by atoms with van der Waals surface area (Å²) >= 11 is 0. The minimum Gasteiger partial charge on any atom is -0.395 e. The van der Waals surface area contributed by atoms with E-state index < -0.39 is 4.92 Å². The molecule has 1 aromatic carbocycles. The molecule has 86 valence electrons. The molecule has 1 aromatic rings. The molecule has 0 aromatic heterocycles. The predicted octanol–water partition coefficient (Wildman–Crippen LogP) is 0.359. The van der Waals surface area contributed by atoms with Crippen molar-refractivity contribution in [1.29, 1.82) is 0 Å². The zero-order valence-electron chi connectivity index (χ0n) is 8.55. The average Bonchev–Trinajstić information content (AvgIpc) is 2.29. The number of hydrogen-bond acceptors (Lipinski definition) is 5. The molecule has 2 N–H and O–H groups in total. The lowest BCUT2D eigenvalue weighted by Crippen LogP contribution is -2.25. The van der Waals surface area contributed by atoms with Gasteiger partial charge < -0.3 is 10.4 Å². The number of Topliss-reactive ketones (excluding diaryl/α,β-unsaturated/α-hetero) is 1. The maximum atomic E-state index is 11.5. The van der Waals surface area contributed by atoms with Crippen LogP contribution in [0.3, 0.4) is 0 Å². The number of rotatable bonds is 6. The van der Waals surface area contributed by atoms with Crippen LogP contribution < -0.4 is 5.32 Å². The summed E-state index contributed by atoms with van der Waals surface area (Å²) in [7, 11) is 0. The van der Waals surface area contributed by atoms with E-state index in [1.54, 1.807) is 0 Å². The fourth-order valence-electron chi connectivity index (χ4n) is 1.15. The minimum atomic E-state index is -0.516. The molecule has 0 aliphatic rings. The number of nitrogens with one attached hydrogen (secondary N) is 1. The molecule has 0 spiro atoms. The Morgan fingerprint density at radius 1 is 1.38 bits per heavy atom. The minimum absolute atomic E-state index is 0.0342. The van der Waals surface area contributed by atoms with Gasteiger partial charge in [0.15, 0.2) is 5.78 Å². The Morgan fingerprint density at radius 3 is 2.50 bits per heavy atom. The first-order valence-electron chi connectivity index (χ1n) is 4.74. The summed E-state index contributed by atoms with van der Waals surface area (Å²) in [5.41, 5.74) is 0.371. The number of hydrogen-bond donors (Lipinski definition) is 2. The number of carbonyl (C=O) groups is 1. The van der Waals surface area contributed by atoms with E-state index in [0.29, 0.717) is 12.1 Å². The highest BCUT2D eigenvalue weighted by Gasteiger charge is 2.08. The molecule has 0 bridgehead atoms. The smallest absolute Gasteiger partial charge is 0.269 e. The molecule has 0 saturated carbocycles. The number of benzene rings is 1. The van der Waals surface area contributed by atoms with Crippen molar-refractivity contribution in [3.63, 3.8) is 0 Å². The summed E-state index contributed by atoms with van der Waals surface area (Å²) in [5.74, 6) is -0.164. The van der Waals surface area contributed by atoms with Crippen molar-refractivity contribution >= 4 is 11.5 Å². The Kier molecular flexibility index (Phi) is 4.56. The molecule has 16 heavy (non-hydrogen) atoms. The largest absolute Gasteiger partial charge is 0.395 e.